The molecular formula is C13H20N4. The predicted molar refractivity (Wildman–Crippen MR) is 68.2 cm³/mol. The summed E-state index contributed by atoms with van der Waals surface area (Å²) in [7, 11) is 0. The van der Waals surface area contributed by atoms with Crippen LogP contribution in [-0.2, 0) is 0 Å². The number of aromatic nitrogens is 2. The molecule has 0 radical (unpaired) electrons. The lowest BCUT2D eigenvalue weighted by atomic mass is 10.1. The molecule has 2 aliphatic heterocycles. The van der Waals surface area contributed by atoms with E-state index >= 15 is 0 Å². The van der Waals surface area contributed by atoms with Crippen LogP contribution in [0, 0.1) is 5.92 Å². The number of anilines is 1. The van der Waals surface area contributed by atoms with Crippen molar-refractivity contribution in [3.63, 3.8) is 0 Å². The number of nitrogens with zero attached hydrogens (tertiary/aromatic N) is 3. The monoisotopic (exact) mass is 232 g/mol. The van der Waals surface area contributed by atoms with E-state index in [0.29, 0.717) is 12.0 Å². The van der Waals surface area contributed by atoms with Crippen LogP contribution in [0.4, 0.5) is 5.95 Å². The Morgan fingerprint density at radius 2 is 2.29 bits per heavy atom. The van der Waals surface area contributed by atoms with E-state index < -0.39 is 0 Å². The van der Waals surface area contributed by atoms with Crippen LogP contribution >= 0.6 is 0 Å². The number of hydrogen-bond donors (Lipinski definition) is 1. The van der Waals surface area contributed by atoms with Crippen molar-refractivity contribution in [3.05, 3.63) is 18.0 Å². The Bertz CT molecular complexity index is 404. The van der Waals surface area contributed by atoms with Gasteiger partial charge in [0.1, 0.15) is 0 Å². The van der Waals surface area contributed by atoms with E-state index in [1.54, 1.807) is 0 Å². The lowest BCUT2D eigenvalue weighted by Crippen LogP contribution is -2.35. The van der Waals surface area contributed by atoms with Gasteiger partial charge in [-0.25, -0.2) is 9.97 Å². The van der Waals surface area contributed by atoms with Gasteiger partial charge in [0.2, 0.25) is 5.95 Å². The highest BCUT2D eigenvalue weighted by atomic mass is 15.3. The fraction of sp³-hybridized carbons (Fsp3) is 0.692. The molecule has 0 bridgehead atoms. The molecule has 2 saturated heterocycles. The number of nitrogens with one attached hydrogen (secondary N) is 1. The van der Waals surface area contributed by atoms with Crippen LogP contribution in [0.2, 0.25) is 0 Å². The van der Waals surface area contributed by atoms with Gasteiger partial charge in [-0.15, -0.1) is 0 Å². The van der Waals surface area contributed by atoms with Crippen molar-refractivity contribution >= 4 is 5.95 Å². The third-order valence-corrected chi connectivity index (χ3v) is 3.96. The molecule has 3 heterocycles. The summed E-state index contributed by atoms with van der Waals surface area (Å²) in [5, 5.41) is 3.46. The van der Waals surface area contributed by atoms with Gasteiger partial charge in [0.05, 0.1) is 0 Å². The highest BCUT2D eigenvalue weighted by Crippen LogP contribution is 2.30. The highest BCUT2D eigenvalue weighted by molar-refractivity contribution is 5.36. The zero-order valence-corrected chi connectivity index (χ0v) is 10.6. The number of rotatable bonds is 2. The minimum absolute atomic E-state index is 0.469. The molecule has 3 rings (SSSR count). The molecule has 0 amide bonds. The van der Waals surface area contributed by atoms with Crippen LogP contribution < -0.4 is 10.2 Å². The summed E-state index contributed by atoms with van der Waals surface area (Å²) in [4.78, 5) is 11.5. The first-order valence-corrected chi connectivity index (χ1v) is 6.56. The van der Waals surface area contributed by atoms with Gasteiger partial charge in [-0.2, -0.15) is 0 Å². The maximum Gasteiger partial charge on any atom is 0.225 e. The molecular weight excluding hydrogens is 212 g/mol. The van der Waals surface area contributed by atoms with Crippen molar-refractivity contribution in [3.8, 4) is 0 Å². The summed E-state index contributed by atoms with van der Waals surface area (Å²) in [6.45, 7) is 7.70. The molecule has 0 saturated carbocycles. The molecule has 4 nitrogen and oxygen atoms in total. The summed E-state index contributed by atoms with van der Waals surface area (Å²) in [5.74, 6) is 2.19. The third-order valence-electron chi connectivity index (χ3n) is 3.96. The molecule has 0 aliphatic carbocycles. The summed E-state index contributed by atoms with van der Waals surface area (Å²) in [6, 6.07) is 2.63. The van der Waals surface area contributed by atoms with E-state index in [9.17, 15) is 0 Å². The molecule has 2 unspecified atom stereocenters. The van der Waals surface area contributed by atoms with Crippen molar-refractivity contribution in [1.82, 2.24) is 15.3 Å². The van der Waals surface area contributed by atoms with Crippen LogP contribution in [0.25, 0.3) is 0 Å². The largest absolute Gasteiger partial charge is 0.336 e. The molecule has 92 valence electrons. The maximum atomic E-state index is 4.70. The predicted octanol–water partition coefficient (Wildman–Crippen LogP) is 1.40. The lowest BCUT2D eigenvalue weighted by Gasteiger charge is -2.23. The second-order valence-electron chi connectivity index (χ2n) is 5.40. The molecule has 2 aliphatic rings. The SMILES string of the molecule is CC(C)c1ccnc(N2CCC3CNCC32)n1. The smallest absolute Gasteiger partial charge is 0.225 e. The minimum Gasteiger partial charge on any atom is -0.336 e. The van der Waals surface area contributed by atoms with Crippen LogP contribution in [-0.4, -0.2) is 35.6 Å². The van der Waals surface area contributed by atoms with Crippen molar-refractivity contribution in [2.24, 2.45) is 5.92 Å². The maximum absolute atomic E-state index is 4.70. The average Bonchev–Trinajstić information content (AvgIpc) is 2.90. The topological polar surface area (TPSA) is 41.1 Å². The van der Waals surface area contributed by atoms with Gasteiger partial charge in [-0.1, -0.05) is 13.8 Å². The Balaban J connectivity index is 1.86. The van der Waals surface area contributed by atoms with Gasteiger partial charge in [0.15, 0.2) is 0 Å². The first-order chi connectivity index (χ1) is 8.25. The van der Waals surface area contributed by atoms with Crippen LogP contribution in [0.5, 0.6) is 0 Å². The molecule has 4 heteroatoms. The second kappa shape index (κ2) is 4.26. The Labute approximate surface area is 102 Å². The zero-order chi connectivity index (χ0) is 11.8. The fourth-order valence-electron chi connectivity index (χ4n) is 2.92. The van der Waals surface area contributed by atoms with Crippen molar-refractivity contribution in [2.75, 3.05) is 24.5 Å². The number of hydrogen-bond acceptors (Lipinski definition) is 4. The van der Waals surface area contributed by atoms with E-state index in [4.69, 9.17) is 4.98 Å². The van der Waals surface area contributed by atoms with Crippen LogP contribution in [0.3, 0.4) is 0 Å². The Kier molecular flexibility index (Phi) is 2.74. The van der Waals surface area contributed by atoms with Crippen molar-refractivity contribution in [1.29, 1.82) is 0 Å². The zero-order valence-electron chi connectivity index (χ0n) is 10.6. The fourth-order valence-corrected chi connectivity index (χ4v) is 2.92. The first kappa shape index (κ1) is 11.0. The average molecular weight is 232 g/mol. The van der Waals surface area contributed by atoms with Gasteiger partial charge < -0.3 is 10.2 Å². The molecule has 2 fully saturated rings. The quantitative estimate of drug-likeness (QED) is 0.837. The Morgan fingerprint density at radius 3 is 3.12 bits per heavy atom. The molecule has 1 aromatic rings. The van der Waals surface area contributed by atoms with Crippen molar-refractivity contribution < 1.29 is 0 Å². The van der Waals surface area contributed by atoms with Gasteiger partial charge in [-0.05, 0) is 24.3 Å². The lowest BCUT2D eigenvalue weighted by molar-refractivity contribution is 0.575. The first-order valence-electron chi connectivity index (χ1n) is 6.56. The van der Waals surface area contributed by atoms with E-state index in [-0.39, 0.29) is 0 Å². The van der Waals surface area contributed by atoms with Gasteiger partial charge >= 0.3 is 0 Å². The Hall–Kier alpha value is -1.16. The second-order valence-corrected chi connectivity index (χ2v) is 5.40. The van der Waals surface area contributed by atoms with Gasteiger partial charge in [0, 0.05) is 37.6 Å². The molecule has 17 heavy (non-hydrogen) atoms. The van der Waals surface area contributed by atoms with Crippen LogP contribution in [0.15, 0.2) is 12.3 Å². The van der Waals surface area contributed by atoms with E-state index in [1.807, 2.05) is 12.3 Å². The van der Waals surface area contributed by atoms with Crippen molar-refractivity contribution in [2.45, 2.75) is 32.2 Å². The molecule has 0 aromatic carbocycles. The summed E-state index contributed by atoms with van der Waals surface area (Å²) in [5.41, 5.74) is 1.14. The number of fused-ring (bicyclic) bond motifs is 1. The van der Waals surface area contributed by atoms with Gasteiger partial charge in [-0.3, -0.25) is 0 Å². The molecule has 1 N–H and O–H groups in total. The molecule has 2 atom stereocenters. The molecule has 1 aromatic heterocycles. The van der Waals surface area contributed by atoms with Crippen LogP contribution in [0.1, 0.15) is 31.9 Å². The Morgan fingerprint density at radius 1 is 1.41 bits per heavy atom. The van der Waals surface area contributed by atoms with E-state index in [1.165, 1.54) is 6.42 Å². The third kappa shape index (κ3) is 1.90. The summed E-state index contributed by atoms with van der Waals surface area (Å²) >= 11 is 0. The highest BCUT2D eigenvalue weighted by Gasteiger charge is 2.38. The van der Waals surface area contributed by atoms with Gasteiger partial charge in [0.25, 0.3) is 0 Å². The normalized spacial score (nSPS) is 27.8. The van der Waals surface area contributed by atoms with E-state index in [0.717, 1.165) is 37.2 Å². The van der Waals surface area contributed by atoms with E-state index in [2.05, 4.69) is 29.0 Å². The molecule has 0 spiro atoms. The standard InChI is InChI=1S/C13H20N4/c1-9(2)11-3-5-15-13(16-11)17-6-4-10-7-14-8-12(10)17/h3,5,9-10,12,14H,4,6-8H2,1-2H3. The summed E-state index contributed by atoms with van der Waals surface area (Å²) < 4.78 is 0. The minimum atomic E-state index is 0.469. The summed E-state index contributed by atoms with van der Waals surface area (Å²) in [6.07, 6.45) is 3.17.